The summed E-state index contributed by atoms with van der Waals surface area (Å²) in [5.41, 5.74) is 1.73. The lowest BCUT2D eigenvalue weighted by Gasteiger charge is -2.16. The first kappa shape index (κ1) is 15.7. The van der Waals surface area contributed by atoms with Crippen LogP contribution in [-0.2, 0) is 6.42 Å². The molecule has 2 rings (SSSR count). The fourth-order valence-electron chi connectivity index (χ4n) is 2.04. The molecule has 0 saturated carbocycles. The summed E-state index contributed by atoms with van der Waals surface area (Å²) in [7, 11) is 0. The quantitative estimate of drug-likeness (QED) is 0.837. The molecule has 2 nitrogen and oxygen atoms in total. The molecule has 0 fully saturated rings. The zero-order valence-corrected chi connectivity index (χ0v) is 13.0. The van der Waals surface area contributed by atoms with Gasteiger partial charge in [-0.2, -0.15) is 0 Å². The molecule has 0 unspecified atom stereocenters. The maximum absolute atomic E-state index is 12.3. The molecule has 3 heteroatoms. The van der Waals surface area contributed by atoms with Crippen molar-refractivity contribution in [3.8, 4) is 0 Å². The number of halogens is 1. The number of hydrogen-bond acceptors (Lipinski definition) is 2. The van der Waals surface area contributed by atoms with Crippen LogP contribution in [0, 0.1) is 0 Å². The maximum Gasteiger partial charge on any atom is 0.193 e. The molecule has 1 N–H and O–H groups in total. The minimum atomic E-state index is -0.669. The van der Waals surface area contributed by atoms with E-state index in [2.05, 4.69) is 0 Å². The largest absolute Gasteiger partial charge is 0.390 e. The van der Waals surface area contributed by atoms with Crippen LogP contribution in [0.1, 0.15) is 41.8 Å². The molecule has 0 spiro atoms. The van der Waals surface area contributed by atoms with Crippen LogP contribution < -0.4 is 0 Å². The summed E-state index contributed by atoms with van der Waals surface area (Å²) in [6, 6.07) is 14.4. The van der Waals surface area contributed by atoms with Crippen molar-refractivity contribution in [1.82, 2.24) is 0 Å². The van der Waals surface area contributed by atoms with Crippen LogP contribution in [0.25, 0.3) is 0 Å². The van der Waals surface area contributed by atoms with Crippen molar-refractivity contribution in [2.45, 2.75) is 32.3 Å². The van der Waals surface area contributed by atoms with Gasteiger partial charge in [-0.05, 0) is 56.5 Å². The molecule has 2 aromatic carbocycles. The molecular weight excluding hydrogens is 284 g/mol. The number of carbonyl (C=O) groups is 1. The van der Waals surface area contributed by atoms with Crippen molar-refractivity contribution < 1.29 is 9.90 Å². The van der Waals surface area contributed by atoms with Gasteiger partial charge in [-0.1, -0.05) is 35.9 Å². The summed E-state index contributed by atoms with van der Waals surface area (Å²) in [6.07, 6.45) is 1.48. The number of rotatable bonds is 5. The topological polar surface area (TPSA) is 37.3 Å². The Kier molecular flexibility index (Phi) is 4.81. The normalized spacial score (nSPS) is 11.4. The first-order chi connectivity index (χ1) is 9.85. The third-order valence-corrected chi connectivity index (χ3v) is 3.60. The molecule has 0 saturated heterocycles. The lowest BCUT2D eigenvalue weighted by atomic mass is 9.97. The van der Waals surface area contributed by atoms with E-state index < -0.39 is 5.60 Å². The zero-order chi connectivity index (χ0) is 15.5. The number of aryl methyl sites for hydroxylation is 1. The Morgan fingerprint density at radius 2 is 1.48 bits per heavy atom. The predicted molar refractivity (Wildman–Crippen MR) is 85.9 cm³/mol. The minimum Gasteiger partial charge on any atom is -0.390 e. The molecule has 0 aromatic heterocycles. The van der Waals surface area contributed by atoms with Crippen LogP contribution in [-0.4, -0.2) is 16.5 Å². The third-order valence-electron chi connectivity index (χ3n) is 3.35. The third kappa shape index (κ3) is 4.69. The molecule has 0 aliphatic carbocycles. The molecule has 0 aliphatic rings. The van der Waals surface area contributed by atoms with E-state index in [1.54, 1.807) is 38.1 Å². The smallest absolute Gasteiger partial charge is 0.193 e. The van der Waals surface area contributed by atoms with E-state index in [-0.39, 0.29) is 5.78 Å². The van der Waals surface area contributed by atoms with Crippen LogP contribution in [0.4, 0.5) is 0 Å². The Morgan fingerprint density at radius 3 is 1.95 bits per heavy atom. The van der Waals surface area contributed by atoms with Crippen molar-refractivity contribution in [3.63, 3.8) is 0 Å². The molecule has 0 atom stereocenters. The van der Waals surface area contributed by atoms with Crippen LogP contribution in [0.15, 0.2) is 48.5 Å². The summed E-state index contributed by atoms with van der Waals surface area (Å²) in [5.74, 6) is -0.0132. The monoisotopic (exact) mass is 302 g/mol. The second kappa shape index (κ2) is 6.42. The Labute approximate surface area is 130 Å². The summed E-state index contributed by atoms with van der Waals surface area (Å²) >= 11 is 5.82. The molecule has 0 radical (unpaired) electrons. The highest BCUT2D eigenvalue weighted by Crippen LogP contribution is 2.17. The van der Waals surface area contributed by atoms with Gasteiger partial charge >= 0.3 is 0 Å². The lowest BCUT2D eigenvalue weighted by molar-refractivity contribution is 0.0714. The summed E-state index contributed by atoms with van der Waals surface area (Å²) in [6.45, 7) is 3.59. The van der Waals surface area contributed by atoms with Gasteiger partial charge in [-0.15, -0.1) is 0 Å². The molecule has 0 heterocycles. The van der Waals surface area contributed by atoms with Crippen molar-refractivity contribution in [1.29, 1.82) is 0 Å². The molecule has 21 heavy (non-hydrogen) atoms. The van der Waals surface area contributed by atoms with Gasteiger partial charge in [0.05, 0.1) is 5.60 Å². The fourth-order valence-corrected chi connectivity index (χ4v) is 2.17. The number of carbonyl (C=O) groups excluding carboxylic acids is 1. The van der Waals surface area contributed by atoms with Gasteiger partial charge in [-0.25, -0.2) is 0 Å². The summed E-state index contributed by atoms with van der Waals surface area (Å²) < 4.78 is 0. The predicted octanol–water partition coefficient (Wildman–Crippen LogP) is 4.27. The molecule has 110 valence electrons. The minimum absolute atomic E-state index is 0.0132. The fraction of sp³-hybridized carbons (Fsp3) is 0.278. The van der Waals surface area contributed by atoms with Crippen LogP contribution in [0.2, 0.25) is 5.02 Å². The Balaban J connectivity index is 2.08. The van der Waals surface area contributed by atoms with Crippen molar-refractivity contribution in [3.05, 3.63) is 70.2 Å². The highest BCUT2D eigenvalue weighted by Gasteiger charge is 2.13. The van der Waals surface area contributed by atoms with Crippen molar-refractivity contribution in [2.24, 2.45) is 0 Å². The Hall–Kier alpha value is -1.64. The van der Waals surface area contributed by atoms with E-state index in [0.29, 0.717) is 22.6 Å². The van der Waals surface area contributed by atoms with Gasteiger partial charge in [0, 0.05) is 16.1 Å². The maximum atomic E-state index is 12.3. The van der Waals surface area contributed by atoms with Crippen LogP contribution >= 0.6 is 11.6 Å². The SMILES string of the molecule is CC(C)(O)CCc1ccc(C(=O)c2ccc(Cl)cc2)cc1. The van der Waals surface area contributed by atoms with Crippen molar-refractivity contribution in [2.75, 3.05) is 0 Å². The average molecular weight is 303 g/mol. The van der Waals surface area contributed by atoms with E-state index in [0.717, 1.165) is 12.0 Å². The molecule has 0 aliphatic heterocycles. The van der Waals surface area contributed by atoms with Gasteiger partial charge in [-0.3, -0.25) is 4.79 Å². The van der Waals surface area contributed by atoms with Gasteiger partial charge < -0.3 is 5.11 Å². The molecular formula is C18H19ClO2. The van der Waals surface area contributed by atoms with E-state index in [4.69, 9.17) is 11.6 Å². The second-order valence-electron chi connectivity index (χ2n) is 5.85. The first-order valence-corrected chi connectivity index (χ1v) is 7.34. The second-order valence-corrected chi connectivity index (χ2v) is 6.28. The summed E-state index contributed by atoms with van der Waals surface area (Å²) in [5, 5.41) is 10.3. The lowest BCUT2D eigenvalue weighted by Crippen LogP contribution is -2.19. The van der Waals surface area contributed by atoms with E-state index in [9.17, 15) is 9.90 Å². The highest BCUT2D eigenvalue weighted by molar-refractivity contribution is 6.30. The molecule has 0 amide bonds. The van der Waals surface area contributed by atoms with Crippen LogP contribution in [0.3, 0.4) is 0 Å². The average Bonchev–Trinajstić information content (AvgIpc) is 2.45. The van der Waals surface area contributed by atoms with Gasteiger partial charge in [0.2, 0.25) is 0 Å². The van der Waals surface area contributed by atoms with Crippen molar-refractivity contribution >= 4 is 17.4 Å². The number of hydrogen-bond donors (Lipinski definition) is 1. The standard InChI is InChI=1S/C18H19ClO2/c1-18(2,21)12-11-13-3-5-14(6-4-13)17(20)15-7-9-16(19)10-8-15/h3-10,21H,11-12H2,1-2H3. The highest BCUT2D eigenvalue weighted by atomic mass is 35.5. The van der Waals surface area contributed by atoms with Gasteiger partial charge in [0.25, 0.3) is 0 Å². The van der Waals surface area contributed by atoms with Gasteiger partial charge in [0.15, 0.2) is 5.78 Å². The first-order valence-electron chi connectivity index (χ1n) is 6.97. The molecule has 2 aromatic rings. The van der Waals surface area contributed by atoms with E-state index in [1.165, 1.54) is 0 Å². The Bertz CT molecular complexity index is 607. The number of ketones is 1. The Morgan fingerprint density at radius 1 is 1.00 bits per heavy atom. The van der Waals surface area contributed by atoms with Crippen LogP contribution in [0.5, 0.6) is 0 Å². The van der Waals surface area contributed by atoms with E-state index >= 15 is 0 Å². The van der Waals surface area contributed by atoms with Gasteiger partial charge in [0.1, 0.15) is 0 Å². The zero-order valence-electron chi connectivity index (χ0n) is 12.3. The number of aliphatic hydroxyl groups is 1. The molecule has 0 bridgehead atoms. The van der Waals surface area contributed by atoms with E-state index in [1.807, 2.05) is 24.3 Å². The summed E-state index contributed by atoms with van der Waals surface area (Å²) in [4.78, 5) is 12.3. The number of benzene rings is 2.